The number of rotatable bonds is 4. The van der Waals surface area contributed by atoms with Crippen molar-refractivity contribution < 1.29 is 9.53 Å². The van der Waals surface area contributed by atoms with Crippen molar-refractivity contribution in [1.29, 1.82) is 0 Å². The van der Waals surface area contributed by atoms with Crippen LogP contribution in [0.25, 0.3) is 10.9 Å². The van der Waals surface area contributed by atoms with Gasteiger partial charge < -0.3 is 14.6 Å². The minimum Gasteiger partial charge on any atom is -0.370 e. The van der Waals surface area contributed by atoms with Crippen LogP contribution in [0.1, 0.15) is 23.9 Å². The fourth-order valence-electron chi connectivity index (χ4n) is 3.38. The lowest BCUT2D eigenvalue weighted by atomic mass is 10.1. The van der Waals surface area contributed by atoms with Crippen LogP contribution >= 0.6 is 0 Å². The van der Waals surface area contributed by atoms with Gasteiger partial charge in [-0.3, -0.25) is 9.59 Å². The third-order valence-electron chi connectivity index (χ3n) is 4.83. The number of fused-ring (bicyclic) bond motifs is 1. The second-order valence-corrected chi connectivity index (χ2v) is 6.64. The molecule has 1 aliphatic heterocycles. The molecule has 27 heavy (non-hydrogen) atoms. The van der Waals surface area contributed by atoms with E-state index < -0.39 is 0 Å². The number of aromatic nitrogens is 2. The Hall–Kier alpha value is -2.99. The summed E-state index contributed by atoms with van der Waals surface area (Å²) in [5.41, 5.74) is 1.56. The molecule has 6 nitrogen and oxygen atoms in total. The van der Waals surface area contributed by atoms with Gasteiger partial charge in [-0.15, -0.1) is 0 Å². The number of morpholine rings is 1. The van der Waals surface area contributed by atoms with Crippen molar-refractivity contribution in [1.82, 2.24) is 14.9 Å². The standard InChI is InChI=1S/C21H21N3O3/c25-20(24-12-13-27-18(14-24)15-6-2-1-3-7-15)11-10-19-22-17-9-5-4-8-16(17)21(26)23-19/h1-9,18H,10-14H2,(H,22,23,26). The number of amides is 1. The van der Waals surface area contributed by atoms with Crippen molar-refractivity contribution in [2.75, 3.05) is 19.7 Å². The molecule has 1 fully saturated rings. The molecule has 3 aromatic rings. The molecule has 1 saturated heterocycles. The maximum absolute atomic E-state index is 12.6. The van der Waals surface area contributed by atoms with Crippen molar-refractivity contribution in [2.45, 2.75) is 18.9 Å². The van der Waals surface area contributed by atoms with Gasteiger partial charge >= 0.3 is 0 Å². The van der Waals surface area contributed by atoms with Crippen molar-refractivity contribution in [2.24, 2.45) is 0 Å². The molecule has 4 rings (SSSR count). The number of nitrogens with zero attached hydrogens (tertiary/aromatic N) is 2. The first-order chi connectivity index (χ1) is 13.2. The van der Waals surface area contributed by atoms with Crippen LogP contribution < -0.4 is 5.56 Å². The molecule has 2 heterocycles. The first-order valence-electron chi connectivity index (χ1n) is 9.13. The lowest BCUT2D eigenvalue weighted by Crippen LogP contribution is -2.42. The van der Waals surface area contributed by atoms with Gasteiger partial charge in [0.05, 0.1) is 24.1 Å². The van der Waals surface area contributed by atoms with E-state index >= 15 is 0 Å². The minimum atomic E-state index is -0.168. The van der Waals surface area contributed by atoms with Gasteiger partial charge in [-0.2, -0.15) is 0 Å². The summed E-state index contributed by atoms with van der Waals surface area (Å²) >= 11 is 0. The summed E-state index contributed by atoms with van der Waals surface area (Å²) < 4.78 is 5.82. The van der Waals surface area contributed by atoms with Crippen molar-refractivity contribution in [3.05, 3.63) is 76.3 Å². The molecule has 1 amide bonds. The van der Waals surface area contributed by atoms with E-state index in [0.717, 1.165) is 5.56 Å². The van der Waals surface area contributed by atoms with Gasteiger partial charge in [0.2, 0.25) is 5.91 Å². The van der Waals surface area contributed by atoms with Crippen LogP contribution in [0.15, 0.2) is 59.4 Å². The summed E-state index contributed by atoms with van der Waals surface area (Å²) in [6, 6.07) is 17.2. The molecule has 1 aliphatic rings. The highest BCUT2D eigenvalue weighted by Gasteiger charge is 2.25. The maximum atomic E-state index is 12.6. The molecule has 1 aromatic heterocycles. The van der Waals surface area contributed by atoms with E-state index in [4.69, 9.17) is 4.74 Å². The topological polar surface area (TPSA) is 75.3 Å². The number of aryl methyl sites for hydroxylation is 1. The second kappa shape index (κ2) is 7.72. The van der Waals surface area contributed by atoms with Gasteiger partial charge in [0.1, 0.15) is 11.9 Å². The third-order valence-corrected chi connectivity index (χ3v) is 4.83. The molecule has 0 saturated carbocycles. The van der Waals surface area contributed by atoms with Crippen LogP contribution in [-0.2, 0) is 16.0 Å². The monoisotopic (exact) mass is 363 g/mol. The van der Waals surface area contributed by atoms with Crippen molar-refractivity contribution in [3.8, 4) is 0 Å². The van der Waals surface area contributed by atoms with Crippen LogP contribution in [0.4, 0.5) is 0 Å². The van der Waals surface area contributed by atoms with E-state index in [2.05, 4.69) is 9.97 Å². The van der Waals surface area contributed by atoms with Gasteiger partial charge in [0.15, 0.2) is 0 Å². The Balaban J connectivity index is 1.41. The molecule has 6 heteroatoms. The quantitative estimate of drug-likeness (QED) is 0.773. The summed E-state index contributed by atoms with van der Waals surface area (Å²) in [6.07, 6.45) is 0.622. The number of nitrogens with one attached hydrogen (secondary N) is 1. The maximum Gasteiger partial charge on any atom is 0.258 e. The molecule has 138 valence electrons. The van der Waals surface area contributed by atoms with Gasteiger partial charge in [-0.05, 0) is 17.7 Å². The Bertz CT molecular complexity index is 1000. The van der Waals surface area contributed by atoms with E-state index in [1.807, 2.05) is 53.4 Å². The molecule has 1 unspecified atom stereocenters. The highest BCUT2D eigenvalue weighted by Crippen LogP contribution is 2.22. The van der Waals surface area contributed by atoms with E-state index in [1.54, 1.807) is 6.07 Å². The number of aromatic amines is 1. The van der Waals surface area contributed by atoms with Crippen molar-refractivity contribution in [3.63, 3.8) is 0 Å². The molecular weight excluding hydrogens is 342 g/mol. The van der Waals surface area contributed by atoms with Gasteiger partial charge in [0, 0.05) is 19.4 Å². The van der Waals surface area contributed by atoms with Crippen LogP contribution in [0.2, 0.25) is 0 Å². The van der Waals surface area contributed by atoms with E-state index in [0.29, 0.717) is 49.3 Å². The highest BCUT2D eigenvalue weighted by atomic mass is 16.5. The SMILES string of the molecule is O=C(CCc1nc2ccccc2c(=O)[nH]1)N1CCOC(c2ccccc2)C1. The molecule has 0 aliphatic carbocycles. The fraction of sp³-hybridized carbons (Fsp3) is 0.286. The molecule has 0 spiro atoms. The summed E-state index contributed by atoms with van der Waals surface area (Å²) in [6.45, 7) is 1.66. The zero-order chi connectivity index (χ0) is 18.6. The molecular formula is C21H21N3O3. The molecule has 2 aromatic carbocycles. The van der Waals surface area contributed by atoms with Gasteiger partial charge in [-0.1, -0.05) is 42.5 Å². The van der Waals surface area contributed by atoms with E-state index in [-0.39, 0.29) is 17.6 Å². The number of H-pyrrole nitrogens is 1. The lowest BCUT2D eigenvalue weighted by molar-refractivity contribution is -0.139. The molecule has 0 bridgehead atoms. The number of carbonyl (C=O) groups excluding carboxylic acids is 1. The van der Waals surface area contributed by atoms with E-state index in [1.165, 1.54) is 0 Å². The number of hydrogen-bond acceptors (Lipinski definition) is 4. The molecule has 1 atom stereocenters. The first-order valence-corrected chi connectivity index (χ1v) is 9.13. The summed E-state index contributed by atoms with van der Waals surface area (Å²) in [7, 11) is 0. The third kappa shape index (κ3) is 3.90. The highest BCUT2D eigenvalue weighted by molar-refractivity contribution is 5.78. The number of carbonyl (C=O) groups is 1. The van der Waals surface area contributed by atoms with Crippen LogP contribution in [-0.4, -0.2) is 40.5 Å². The largest absolute Gasteiger partial charge is 0.370 e. The van der Waals surface area contributed by atoms with Gasteiger partial charge in [-0.25, -0.2) is 4.98 Å². The van der Waals surface area contributed by atoms with Crippen LogP contribution in [0.3, 0.4) is 0 Å². The van der Waals surface area contributed by atoms with Crippen LogP contribution in [0, 0.1) is 0 Å². The molecule has 0 radical (unpaired) electrons. The van der Waals surface area contributed by atoms with Crippen LogP contribution in [0.5, 0.6) is 0 Å². The Labute approximate surface area is 156 Å². The number of para-hydroxylation sites is 1. The zero-order valence-corrected chi connectivity index (χ0v) is 14.9. The molecule has 1 N–H and O–H groups in total. The smallest absolute Gasteiger partial charge is 0.258 e. The average Bonchev–Trinajstić information content (AvgIpc) is 2.73. The normalized spacial score (nSPS) is 17.2. The lowest BCUT2D eigenvalue weighted by Gasteiger charge is -2.33. The summed E-state index contributed by atoms with van der Waals surface area (Å²) in [5.74, 6) is 0.593. The van der Waals surface area contributed by atoms with Crippen molar-refractivity contribution >= 4 is 16.8 Å². The van der Waals surface area contributed by atoms with Gasteiger partial charge in [0.25, 0.3) is 5.56 Å². The summed E-state index contributed by atoms with van der Waals surface area (Å²) in [4.78, 5) is 33.9. The fourth-order valence-corrected chi connectivity index (χ4v) is 3.38. The zero-order valence-electron chi connectivity index (χ0n) is 14.9. The minimum absolute atomic E-state index is 0.0510. The number of ether oxygens (including phenoxy) is 1. The predicted octanol–water partition coefficient (Wildman–Crippen LogP) is 2.46. The Morgan fingerprint density at radius 2 is 1.93 bits per heavy atom. The number of hydrogen-bond donors (Lipinski definition) is 1. The van der Waals surface area contributed by atoms with E-state index in [9.17, 15) is 9.59 Å². The first kappa shape index (κ1) is 17.4. The predicted molar refractivity (Wildman–Crippen MR) is 102 cm³/mol. The Morgan fingerprint density at radius 1 is 1.15 bits per heavy atom. The number of benzene rings is 2. The summed E-state index contributed by atoms with van der Waals surface area (Å²) in [5, 5.41) is 0.562. The Morgan fingerprint density at radius 3 is 2.78 bits per heavy atom. The Kier molecular flexibility index (Phi) is 4.98. The average molecular weight is 363 g/mol. The second-order valence-electron chi connectivity index (χ2n) is 6.64.